The number of hydrogen-bond donors (Lipinski definition) is 3. The molecule has 0 saturated carbocycles. The zero-order valence-corrected chi connectivity index (χ0v) is 13.5. The van der Waals surface area contributed by atoms with Crippen LogP contribution in [0.1, 0.15) is 32.6 Å². The van der Waals surface area contributed by atoms with E-state index in [1.807, 2.05) is 0 Å². The maximum absolute atomic E-state index is 11.8. The van der Waals surface area contributed by atoms with Crippen LogP contribution in [-0.2, 0) is 20.0 Å². The van der Waals surface area contributed by atoms with E-state index < -0.39 is 20.0 Å². The SMILES string of the molecule is CCNS(=O)(=O)CCNS(=O)(=O)CCC1CCCCN1. The summed E-state index contributed by atoms with van der Waals surface area (Å²) in [7, 11) is -6.78. The fourth-order valence-corrected chi connectivity index (χ4v) is 4.40. The lowest BCUT2D eigenvalue weighted by Crippen LogP contribution is -2.38. The van der Waals surface area contributed by atoms with Crippen LogP contribution in [0.4, 0.5) is 0 Å². The molecule has 9 heteroatoms. The number of nitrogens with one attached hydrogen (secondary N) is 3. The summed E-state index contributed by atoms with van der Waals surface area (Å²) in [4.78, 5) is 0. The van der Waals surface area contributed by atoms with Crippen molar-refractivity contribution in [2.75, 3.05) is 31.1 Å². The van der Waals surface area contributed by atoms with Crippen LogP contribution < -0.4 is 14.8 Å². The Labute approximate surface area is 122 Å². The number of piperidine rings is 1. The molecule has 0 aliphatic carbocycles. The third-order valence-corrected chi connectivity index (χ3v) is 6.09. The Morgan fingerprint density at radius 3 is 2.35 bits per heavy atom. The maximum Gasteiger partial charge on any atom is 0.212 e. The highest BCUT2D eigenvalue weighted by atomic mass is 32.2. The summed E-state index contributed by atoms with van der Waals surface area (Å²) < 4.78 is 50.9. The Morgan fingerprint density at radius 1 is 1.05 bits per heavy atom. The van der Waals surface area contributed by atoms with Gasteiger partial charge in [-0.3, -0.25) is 0 Å². The summed E-state index contributed by atoms with van der Waals surface area (Å²) in [6.45, 7) is 2.84. The second-order valence-corrected chi connectivity index (χ2v) is 8.82. The number of hydrogen-bond acceptors (Lipinski definition) is 5. The first-order chi connectivity index (χ1) is 9.35. The van der Waals surface area contributed by atoms with Crippen molar-refractivity contribution in [1.82, 2.24) is 14.8 Å². The topological polar surface area (TPSA) is 104 Å². The van der Waals surface area contributed by atoms with E-state index >= 15 is 0 Å². The van der Waals surface area contributed by atoms with Gasteiger partial charge in [-0.15, -0.1) is 0 Å². The average Bonchev–Trinajstić information content (AvgIpc) is 2.37. The van der Waals surface area contributed by atoms with E-state index in [1.54, 1.807) is 6.92 Å². The van der Waals surface area contributed by atoms with E-state index in [-0.39, 0.29) is 24.1 Å². The van der Waals surface area contributed by atoms with Gasteiger partial charge in [-0.2, -0.15) is 0 Å². The molecule has 0 amide bonds. The van der Waals surface area contributed by atoms with Crippen molar-refractivity contribution in [1.29, 1.82) is 0 Å². The molecule has 7 nitrogen and oxygen atoms in total. The van der Waals surface area contributed by atoms with Crippen LogP contribution in [0.2, 0.25) is 0 Å². The van der Waals surface area contributed by atoms with Gasteiger partial charge in [0.1, 0.15) is 0 Å². The van der Waals surface area contributed by atoms with Gasteiger partial charge in [0.05, 0.1) is 11.5 Å². The van der Waals surface area contributed by atoms with E-state index in [4.69, 9.17) is 0 Å². The lowest BCUT2D eigenvalue weighted by Gasteiger charge is -2.23. The third-order valence-electron chi connectivity index (χ3n) is 3.20. The molecule has 20 heavy (non-hydrogen) atoms. The van der Waals surface area contributed by atoms with Crippen LogP contribution >= 0.6 is 0 Å². The van der Waals surface area contributed by atoms with Crippen molar-refractivity contribution >= 4 is 20.0 Å². The Balaban J connectivity index is 2.27. The molecular formula is C11H25N3O4S2. The molecule has 1 fully saturated rings. The molecule has 1 aliphatic heterocycles. The van der Waals surface area contributed by atoms with Crippen LogP contribution in [0.3, 0.4) is 0 Å². The monoisotopic (exact) mass is 327 g/mol. The Hall–Kier alpha value is -0.220. The van der Waals surface area contributed by atoms with Gasteiger partial charge in [0.25, 0.3) is 0 Å². The summed E-state index contributed by atoms with van der Waals surface area (Å²) in [6, 6.07) is 0.255. The minimum Gasteiger partial charge on any atom is -0.314 e. The summed E-state index contributed by atoms with van der Waals surface area (Å²) in [5.41, 5.74) is 0. The summed E-state index contributed by atoms with van der Waals surface area (Å²) in [5, 5.41) is 3.29. The van der Waals surface area contributed by atoms with Crippen molar-refractivity contribution < 1.29 is 16.8 Å². The predicted molar refractivity (Wildman–Crippen MR) is 79.5 cm³/mol. The zero-order chi connectivity index (χ0) is 15.1. The van der Waals surface area contributed by atoms with E-state index in [1.165, 1.54) is 0 Å². The fourth-order valence-electron chi connectivity index (χ4n) is 2.16. The van der Waals surface area contributed by atoms with Crippen LogP contribution in [0.5, 0.6) is 0 Å². The van der Waals surface area contributed by atoms with Crippen molar-refractivity contribution in [3.05, 3.63) is 0 Å². The standard InChI is InChI=1S/C11H25N3O4S2/c1-2-13-20(17,18)10-8-14-19(15,16)9-6-11-5-3-4-7-12-11/h11-14H,2-10H2,1H3. The van der Waals surface area contributed by atoms with E-state index in [0.29, 0.717) is 13.0 Å². The van der Waals surface area contributed by atoms with Crippen molar-refractivity contribution in [2.45, 2.75) is 38.6 Å². The molecule has 0 radical (unpaired) electrons. The van der Waals surface area contributed by atoms with Crippen molar-refractivity contribution in [3.63, 3.8) is 0 Å². The fraction of sp³-hybridized carbons (Fsp3) is 1.00. The number of rotatable bonds is 9. The molecule has 0 aromatic carbocycles. The summed E-state index contributed by atoms with van der Waals surface area (Å²) in [5.74, 6) is -0.201. The van der Waals surface area contributed by atoms with E-state index in [9.17, 15) is 16.8 Å². The van der Waals surface area contributed by atoms with Crippen LogP contribution in [-0.4, -0.2) is 54.0 Å². The molecule has 0 aromatic rings. The molecule has 1 unspecified atom stereocenters. The molecule has 1 atom stereocenters. The van der Waals surface area contributed by atoms with E-state index in [2.05, 4.69) is 14.8 Å². The second kappa shape index (κ2) is 8.28. The lowest BCUT2D eigenvalue weighted by molar-refractivity contribution is 0.392. The second-order valence-electron chi connectivity index (χ2n) is 4.97. The molecule has 1 heterocycles. The molecular weight excluding hydrogens is 302 g/mol. The summed E-state index contributed by atoms with van der Waals surface area (Å²) in [6.07, 6.45) is 3.84. The minimum atomic E-state index is -3.40. The van der Waals surface area contributed by atoms with E-state index in [0.717, 1.165) is 25.8 Å². The Bertz CT molecular complexity index is 470. The highest BCUT2D eigenvalue weighted by Gasteiger charge is 2.18. The van der Waals surface area contributed by atoms with Gasteiger partial charge >= 0.3 is 0 Å². The Kier molecular flexibility index (Phi) is 7.38. The molecule has 3 N–H and O–H groups in total. The zero-order valence-electron chi connectivity index (χ0n) is 11.9. The highest BCUT2D eigenvalue weighted by Crippen LogP contribution is 2.10. The van der Waals surface area contributed by atoms with Crippen LogP contribution in [0.15, 0.2) is 0 Å². The Morgan fingerprint density at radius 2 is 1.75 bits per heavy atom. The quantitative estimate of drug-likeness (QED) is 0.523. The normalized spacial score (nSPS) is 20.9. The largest absolute Gasteiger partial charge is 0.314 e. The first-order valence-corrected chi connectivity index (χ1v) is 10.3. The van der Waals surface area contributed by atoms with Gasteiger partial charge in [-0.25, -0.2) is 26.3 Å². The van der Waals surface area contributed by atoms with Gasteiger partial charge in [0.2, 0.25) is 20.0 Å². The average molecular weight is 327 g/mol. The molecule has 1 rings (SSSR count). The van der Waals surface area contributed by atoms with Gasteiger partial charge < -0.3 is 5.32 Å². The molecule has 1 aliphatic rings. The molecule has 120 valence electrons. The smallest absolute Gasteiger partial charge is 0.212 e. The predicted octanol–water partition coefficient (Wildman–Crippen LogP) is -0.623. The molecule has 0 bridgehead atoms. The van der Waals surface area contributed by atoms with Gasteiger partial charge in [0.15, 0.2) is 0 Å². The molecule has 0 aromatic heterocycles. The van der Waals surface area contributed by atoms with Crippen LogP contribution in [0.25, 0.3) is 0 Å². The lowest BCUT2D eigenvalue weighted by atomic mass is 10.0. The number of sulfonamides is 2. The van der Waals surface area contributed by atoms with Crippen LogP contribution in [0, 0.1) is 0 Å². The van der Waals surface area contributed by atoms with Gasteiger partial charge in [-0.05, 0) is 25.8 Å². The van der Waals surface area contributed by atoms with Crippen molar-refractivity contribution in [2.24, 2.45) is 0 Å². The highest BCUT2D eigenvalue weighted by molar-refractivity contribution is 7.90. The molecule has 0 spiro atoms. The van der Waals surface area contributed by atoms with Crippen molar-refractivity contribution in [3.8, 4) is 0 Å². The molecule has 1 saturated heterocycles. The van der Waals surface area contributed by atoms with Gasteiger partial charge in [-0.1, -0.05) is 13.3 Å². The van der Waals surface area contributed by atoms with Gasteiger partial charge in [0, 0.05) is 19.1 Å². The first kappa shape index (κ1) is 17.8. The maximum atomic E-state index is 11.8. The minimum absolute atomic E-state index is 0.0337. The first-order valence-electron chi connectivity index (χ1n) is 7.03. The third kappa shape index (κ3) is 7.53. The summed E-state index contributed by atoms with van der Waals surface area (Å²) >= 11 is 0.